The Morgan fingerprint density at radius 2 is 1.77 bits per heavy atom. The predicted molar refractivity (Wildman–Crippen MR) is 168 cm³/mol. The molecule has 1 amide bonds. The van der Waals surface area contributed by atoms with Crippen LogP contribution in [0.4, 0.5) is 17.3 Å². The molecule has 1 aliphatic rings. The Morgan fingerprint density at radius 3 is 2.47 bits per heavy atom. The number of pyridine rings is 1. The summed E-state index contributed by atoms with van der Waals surface area (Å²) in [5.74, 6) is 1.47. The van der Waals surface area contributed by atoms with Crippen molar-refractivity contribution < 1.29 is 19.0 Å². The van der Waals surface area contributed by atoms with Crippen LogP contribution in [0.2, 0.25) is 10.0 Å². The number of carbonyl (C=O) groups excluding carboxylic acids is 1. The fourth-order valence-electron chi connectivity index (χ4n) is 5.25. The number of anilines is 3. The van der Waals surface area contributed by atoms with Crippen molar-refractivity contribution in [3.05, 3.63) is 71.6 Å². The minimum absolute atomic E-state index is 0.177. The minimum atomic E-state index is -0.348. The number of halogens is 2. The molecule has 1 saturated carbocycles. The van der Waals surface area contributed by atoms with Gasteiger partial charge in [-0.3, -0.25) is 9.20 Å². The van der Waals surface area contributed by atoms with E-state index in [1.165, 1.54) is 20.3 Å². The van der Waals surface area contributed by atoms with E-state index in [-0.39, 0.29) is 12.0 Å². The fraction of sp³-hybridized carbons (Fsp3) is 0.226. The van der Waals surface area contributed by atoms with Crippen molar-refractivity contribution in [1.82, 2.24) is 19.4 Å². The predicted octanol–water partition coefficient (Wildman–Crippen LogP) is 7.46. The van der Waals surface area contributed by atoms with E-state index in [9.17, 15) is 4.79 Å². The van der Waals surface area contributed by atoms with E-state index in [0.717, 1.165) is 25.7 Å². The lowest BCUT2D eigenvalue weighted by Crippen LogP contribution is -2.13. The van der Waals surface area contributed by atoms with E-state index in [0.29, 0.717) is 72.4 Å². The first kappa shape index (κ1) is 28.6. The number of aromatic nitrogens is 4. The molecule has 0 saturated heterocycles. The molecule has 6 rings (SSSR count). The molecule has 1 aliphatic carbocycles. The molecule has 0 spiro atoms. The second-order valence-electron chi connectivity index (χ2n) is 9.99. The minimum Gasteiger partial charge on any atom is -0.495 e. The highest BCUT2D eigenvalue weighted by molar-refractivity contribution is 6.41. The highest BCUT2D eigenvalue weighted by Crippen LogP contribution is 2.47. The maximum absolute atomic E-state index is 12.2. The van der Waals surface area contributed by atoms with Gasteiger partial charge in [0.15, 0.2) is 5.65 Å². The number of nitrogens with zero attached hydrogens (tertiary/aromatic N) is 4. The van der Waals surface area contributed by atoms with Gasteiger partial charge in [-0.05, 0) is 50.0 Å². The first-order valence-corrected chi connectivity index (χ1v) is 14.4. The number of hydrogen-bond donors (Lipinski definition) is 2. The standard InChI is InChI=1S/C31H28Cl2N6O4/c1-4-25(40)36-22-14-19(43-18-7-5-6-8-18)9-10-21(22)37-31-35-16-17-13-20(30-34-11-12-39(30)29(17)38-31)26-27(32)23(41-2)15-24(42-3)28(26)33/h4,9-16,18H,1,5-8H2,2-3H3,(H,36,40)(H,35,37,38). The SMILES string of the molecule is C=CC(=O)Nc1cc(OC2CCCC2)ccc1Nc1ncc2cc(-c3c(Cl)c(OC)cc(OC)c3Cl)c3nccn3c2n1. The molecule has 5 aromatic rings. The van der Waals surface area contributed by atoms with Gasteiger partial charge in [-0.2, -0.15) is 4.98 Å². The molecule has 220 valence electrons. The van der Waals surface area contributed by atoms with Gasteiger partial charge in [0.1, 0.15) is 22.9 Å². The second kappa shape index (κ2) is 12.0. The van der Waals surface area contributed by atoms with Gasteiger partial charge >= 0.3 is 0 Å². The van der Waals surface area contributed by atoms with Crippen LogP contribution >= 0.6 is 23.2 Å². The number of carbonyl (C=O) groups is 1. The normalized spacial score (nSPS) is 13.3. The molecule has 0 unspecified atom stereocenters. The molecule has 2 N–H and O–H groups in total. The van der Waals surface area contributed by atoms with Crippen LogP contribution in [0.15, 0.2) is 61.6 Å². The molecule has 3 aromatic heterocycles. The maximum atomic E-state index is 12.2. The van der Waals surface area contributed by atoms with E-state index in [4.69, 9.17) is 42.4 Å². The lowest BCUT2D eigenvalue weighted by Gasteiger charge is -2.17. The number of imidazole rings is 1. The highest BCUT2D eigenvalue weighted by Gasteiger charge is 2.23. The van der Waals surface area contributed by atoms with Crippen LogP contribution in [0.1, 0.15) is 25.7 Å². The third-order valence-electron chi connectivity index (χ3n) is 7.33. The zero-order chi connectivity index (χ0) is 30.1. The average Bonchev–Trinajstić information content (AvgIpc) is 3.72. The molecule has 10 nitrogen and oxygen atoms in total. The summed E-state index contributed by atoms with van der Waals surface area (Å²) in [6.45, 7) is 3.57. The summed E-state index contributed by atoms with van der Waals surface area (Å²) in [4.78, 5) is 26.1. The highest BCUT2D eigenvalue weighted by atomic mass is 35.5. The number of rotatable bonds is 9. The van der Waals surface area contributed by atoms with Gasteiger partial charge in [0.05, 0.1) is 41.7 Å². The Balaban J connectivity index is 1.40. The van der Waals surface area contributed by atoms with Crippen molar-refractivity contribution >= 4 is 63.1 Å². The Labute approximate surface area is 257 Å². The number of nitrogens with one attached hydrogen (secondary N) is 2. The largest absolute Gasteiger partial charge is 0.495 e. The van der Waals surface area contributed by atoms with E-state index in [1.54, 1.807) is 30.7 Å². The maximum Gasteiger partial charge on any atom is 0.247 e. The van der Waals surface area contributed by atoms with Crippen LogP contribution in [-0.4, -0.2) is 45.6 Å². The Kier molecular flexibility index (Phi) is 7.96. The number of hydrogen-bond acceptors (Lipinski definition) is 8. The summed E-state index contributed by atoms with van der Waals surface area (Å²) in [6.07, 6.45) is 10.9. The Morgan fingerprint density at radius 1 is 1.02 bits per heavy atom. The monoisotopic (exact) mass is 618 g/mol. The zero-order valence-electron chi connectivity index (χ0n) is 23.5. The smallest absolute Gasteiger partial charge is 0.247 e. The lowest BCUT2D eigenvalue weighted by atomic mass is 10.0. The van der Waals surface area contributed by atoms with Crippen molar-refractivity contribution in [3.8, 4) is 28.4 Å². The van der Waals surface area contributed by atoms with Gasteiger partial charge in [0.2, 0.25) is 11.9 Å². The quantitative estimate of drug-likeness (QED) is 0.164. The van der Waals surface area contributed by atoms with Crippen molar-refractivity contribution in [1.29, 1.82) is 0 Å². The van der Waals surface area contributed by atoms with Gasteiger partial charge in [-0.1, -0.05) is 29.8 Å². The average molecular weight is 620 g/mol. The van der Waals surface area contributed by atoms with Gasteiger partial charge in [-0.25, -0.2) is 9.97 Å². The fourth-order valence-corrected chi connectivity index (χ4v) is 5.95. The third kappa shape index (κ3) is 5.51. The van der Waals surface area contributed by atoms with E-state index in [2.05, 4.69) is 27.2 Å². The van der Waals surface area contributed by atoms with Gasteiger partial charge < -0.3 is 24.8 Å². The summed E-state index contributed by atoms with van der Waals surface area (Å²) in [6, 6.07) is 8.99. The number of benzene rings is 2. The summed E-state index contributed by atoms with van der Waals surface area (Å²) in [5, 5.41) is 7.44. The van der Waals surface area contributed by atoms with Crippen molar-refractivity contribution in [2.45, 2.75) is 31.8 Å². The van der Waals surface area contributed by atoms with E-state index in [1.807, 2.05) is 22.6 Å². The van der Waals surface area contributed by atoms with Gasteiger partial charge in [0.25, 0.3) is 0 Å². The van der Waals surface area contributed by atoms with Crippen LogP contribution in [0, 0.1) is 0 Å². The van der Waals surface area contributed by atoms with E-state index < -0.39 is 0 Å². The van der Waals surface area contributed by atoms with Gasteiger partial charge in [0, 0.05) is 47.2 Å². The van der Waals surface area contributed by atoms with Crippen LogP contribution in [0.5, 0.6) is 17.2 Å². The molecule has 1 fully saturated rings. The third-order valence-corrected chi connectivity index (χ3v) is 8.08. The lowest BCUT2D eigenvalue weighted by molar-refractivity contribution is -0.111. The van der Waals surface area contributed by atoms with Crippen LogP contribution in [0.25, 0.3) is 27.8 Å². The molecule has 0 bridgehead atoms. The molecule has 12 heteroatoms. The molecule has 0 aliphatic heterocycles. The molecule has 2 aromatic carbocycles. The summed E-state index contributed by atoms with van der Waals surface area (Å²) < 4.78 is 18.9. The Bertz CT molecular complexity index is 1840. The summed E-state index contributed by atoms with van der Waals surface area (Å²) in [7, 11) is 3.05. The summed E-state index contributed by atoms with van der Waals surface area (Å²) >= 11 is 13.5. The van der Waals surface area contributed by atoms with Crippen LogP contribution in [0.3, 0.4) is 0 Å². The summed E-state index contributed by atoms with van der Waals surface area (Å²) in [5.41, 5.74) is 3.44. The van der Waals surface area contributed by atoms with Crippen LogP contribution < -0.4 is 24.8 Å². The second-order valence-corrected chi connectivity index (χ2v) is 10.7. The number of amides is 1. The van der Waals surface area contributed by atoms with Crippen LogP contribution in [-0.2, 0) is 4.79 Å². The first-order chi connectivity index (χ1) is 20.9. The molecule has 43 heavy (non-hydrogen) atoms. The molecular weight excluding hydrogens is 591 g/mol. The number of fused-ring (bicyclic) bond motifs is 3. The molecule has 3 heterocycles. The topological polar surface area (TPSA) is 112 Å². The number of ether oxygens (including phenoxy) is 3. The first-order valence-electron chi connectivity index (χ1n) is 13.6. The van der Waals surface area contributed by atoms with Crippen molar-refractivity contribution in [2.75, 3.05) is 24.9 Å². The molecule has 0 radical (unpaired) electrons. The zero-order valence-corrected chi connectivity index (χ0v) is 25.0. The molecule has 0 atom stereocenters. The number of methoxy groups -OCH3 is 2. The van der Waals surface area contributed by atoms with Crippen molar-refractivity contribution in [3.63, 3.8) is 0 Å². The van der Waals surface area contributed by atoms with E-state index >= 15 is 0 Å². The van der Waals surface area contributed by atoms with Gasteiger partial charge in [-0.15, -0.1) is 0 Å². The van der Waals surface area contributed by atoms with Crippen molar-refractivity contribution in [2.24, 2.45) is 0 Å². The Hall–Kier alpha value is -4.54. The molecular formula is C31H28Cl2N6O4.